The van der Waals surface area contributed by atoms with Crippen LogP contribution in [0.4, 0.5) is 10.8 Å². The standard InChI is InChI=1S/C12H21N3S/c1-4-5-8(2)15(3)12-10(9-6-7-9)11(13)14-16-12/h8-9H,4-7H2,1-3H3,(H2,13,14). The van der Waals surface area contributed by atoms with E-state index in [0.29, 0.717) is 12.0 Å². The maximum atomic E-state index is 5.97. The highest BCUT2D eigenvalue weighted by atomic mass is 32.1. The van der Waals surface area contributed by atoms with Gasteiger partial charge in [-0.3, -0.25) is 0 Å². The summed E-state index contributed by atoms with van der Waals surface area (Å²) in [6.07, 6.45) is 5.01. The first-order valence-electron chi connectivity index (χ1n) is 6.13. The number of hydrogen-bond acceptors (Lipinski definition) is 4. The van der Waals surface area contributed by atoms with Crippen molar-refractivity contribution in [3.63, 3.8) is 0 Å². The Kier molecular flexibility index (Phi) is 3.38. The van der Waals surface area contributed by atoms with E-state index in [1.807, 2.05) is 0 Å². The monoisotopic (exact) mass is 239 g/mol. The van der Waals surface area contributed by atoms with Crippen molar-refractivity contribution >= 4 is 22.4 Å². The Labute approximate surface area is 102 Å². The maximum absolute atomic E-state index is 5.97. The van der Waals surface area contributed by atoms with Crippen molar-refractivity contribution in [2.45, 2.75) is 51.5 Å². The van der Waals surface area contributed by atoms with E-state index >= 15 is 0 Å². The highest BCUT2D eigenvalue weighted by molar-refractivity contribution is 7.10. The summed E-state index contributed by atoms with van der Waals surface area (Å²) in [5.41, 5.74) is 7.28. The van der Waals surface area contributed by atoms with Gasteiger partial charge in [0, 0.05) is 18.7 Å². The van der Waals surface area contributed by atoms with Gasteiger partial charge in [0.05, 0.1) is 0 Å². The quantitative estimate of drug-likeness (QED) is 0.857. The summed E-state index contributed by atoms with van der Waals surface area (Å²) >= 11 is 1.56. The second-order valence-electron chi connectivity index (χ2n) is 4.81. The molecule has 3 nitrogen and oxygen atoms in total. The highest BCUT2D eigenvalue weighted by Crippen LogP contribution is 2.48. The van der Waals surface area contributed by atoms with E-state index in [1.54, 1.807) is 11.5 Å². The third kappa shape index (κ3) is 2.17. The van der Waals surface area contributed by atoms with Crippen molar-refractivity contribution in [1.29, 1.82) is 0 Å². The normalized spacial score (nSPS) is 17.4. The van der Waals surface area contributed by atoms with E-state index in [1.165, 1.54) is 36.2 Å². The topological polar surface area (TPSA) is 42.2 Å². The first kappa shape index (κ1) is 11.7. The van der Waals surface area contributed by atoms with Gasteiger partial charge in [-0.05, 0) is 43.6 Å². The molecule has 2 rings (SSSR count). The van der Waals surface area contributed by atoms with Gasteiger partial charge in [-0.15, -0.1) is 0 Å². The Balaban J connectivity index is 2.19. The lowest BCUT2D eigenvalue weighted by Gasteiger charge is -2.26. The first-order chi connectivity index (χ1) is 7.65. The Bertz CT molecular complexity index is 357. The van der Waals surface area contributed by atoms with Gasteiger partial charge in [0.1, 0.15) is 10.8 Å². The summed E-state index contributed by atoms with van der Waals surface area (Å²) < 4.78 is 4.32. The summed E-state index contributed by atoms with van der Waals surface area (Å²) in [6, 6.07) is 0.572. The van der Waals surface area contributed by atoms with Crippen LogP contribution in [-0.2, 0) is 0 Å². The minimum Gasteiger partial charge on any atom is -0.383 e. The molecule has 1 heterocycles. The number of anilines is 2. The Hall–Kier alpha value is -0.770. The molecule has 2 N–H and O–H groups in total. The lowest BCUT2D eigenvalue weighted by atomic mass is 10.1. The van der Waals surface area contributed by atoms with Crippen LogP contribution in [-0.4, -0.2) is 17.5 Å². The van der Waals surface area contributed by atoms with Crippen LogP contribution < -0.4 is 10.6 Å². The summed E-state index contributed by atoms with van der Waals surface area (Å²) in [4.78, 5) is 2.35. The van der Waals surface area contributed by atoms with E-state index < -0.39 is 0 Å². The lowest BCUT2D eigenvalue weighted by molar-refractivity contribution is 0.618. The van der Waals surface area contributed by atoms with Crippen molar-refractivity contribution in [3.05, 3.63) is 5.56 Å². The molecule has 0 bridgehead atoms. The van der Waals surface area contributed by atoms with Crippen molar-refractivity contribution in [2.24, 2.45) is 0 Å². The molecule has 1 unspecified atom stereocenters. The van der Waals surface area contributed by atoms with Crippen molar-refractivity contribution in [2.75, 3.05) is 17.7 Å². The largest absolute Gasteiger partial charge is 0.383 e. The van der Waals surface area contributed by atoms with Crippen LogP contribution in [0.2, 0.25) is 0 Å². The van der Waals surface area contributed by atoms with E-state index in [4.69, 9.17) is 5.73 Å². The van der Waals surface area contributed by atoms with Crippen molar-refractivity contribution in [1.82, 2.24) is 4.37 Å². The van der Waals surface area contributed by atoms with Crippen LogP contribution in [0.25, 0.3) is 0 Å². The Morgan fingerprint density at radius 2 is 2.25 bits per heavy atom. The number of nitrogens with two attached hydrogens (primary N) is 1. The number of nitrogen functional groups attached to an aromatic ring is 1. The minimum absolute atomic E-state index is 0.572. The van der Waals surface area contributed by atoms with Crippen LogP contribution in [0.3, 0.4) is 0 Å². The molecule has 0 amide bonds. The Morgan fingerprint density at radius 3 is 2.81 bits per heavy atom. The third-order valence-electron chi connectivity index (χ3n) is 3.41. The molecule has 90 valence electrons. The SMILES string of the molecule is CCCC(C)N(C)c1snc(N)c1C1CC1. The van der Waals surface area contributed by atoms with E-state index in [-0.39, 0.29) is 0 Å². The zero-order valence-electron chi connectivity index (χ0n) is 10.4. The molecule has 0 radical (unpaired) electrons. The fourth-order valence-corrected chi connectivity index (χ4v) is 3.08. The van der Waals surface area contributed by atoms with Gasteiger partial charge >= 0.3 is 0 Å². The third-order valence-corrected chi connectivity index (χ3v) is 4.38. The summed E-state index contributed by atoms with van der Waals surface area (Å²) in [7, 11) is 2.17. The van der Waals surface area contributed by atoms with Gasteiger partial charge in [0.2, 0.25) is 0 Å². The van der Waals surface area contributed by atoms with Crippen molar-refractivity contribution in [3.8, 4) is 0 Å². The average Bonchev–Trinajstić information content (AvgIpc) is 3.02. The molecular formula is C12H21N3S. The molecule has 1 fully saturated rings. The van der Waals surface area contributed by atoms with E-state index in [9.17, 15) is 0 Å². The highest BCUT2D eigenvalue weighted by Gasteiger charge is 2.32. The zero-order valence-corrected chi connectivity index (χ0v) is 11.2. The second kappa shape index (κ2) is 4.62. The molecule has 4 heteroatoms. The summed E-state index contributed by atoms with van der Waals surface area (Å²) in [6.45, 7) is 4.50. The first-order valence-corrected chi connectivity index (χ1v) is 6.90. The van der Waals surface area contributed by atoms with Crippen LogP contribution >= 0.6 is 11.5 Å². The van der Waals surface area contributed by atoms with E-state index in [2.05, 4.69) is 30.2 Å². The molecule has 1 aromatic rings. The molecule has 0 aromatic carbocycles. The van der Waals surface area contributed by atoms with Gasteiger partial charge in [-0.2, -0.15) is 4.37 Å². The van der Waals surface area contributed by atoms with Gasteiger partial charge in [-0.25, -0.2) is 0 Å². The maximum Gasteiger partial charge on any atom is 0.142 e. The molecule has 1 aliphatic rings. The van der Waals surface area contributed by atoms with Crippen molar-refractivity contribution < 1.29 is 0 Å². The fraction of sp³-hybridized carbons (Fsp3) is 0.750. The minimum atomic E-state index is 0.572. The predicted molar refractivity (Wildman–Crippen MR) is 71.3 cm³/mol. The zero-order chi connectivity index (χ0) is 11.7. The number of aromatic nitrogens is 1. The van der Waals surface area contributed by atoms with Crippen LogP contribution in [0, 0.1) is 0 Å². The lowest BCUT2D eigenvalue weighted by Crippen LogP contribution is -2.28. The molecule has 1 atom stereocenters. The molecule has 0 aliphatic heterocycles. The fourth-order valence-electron chi connectivity index (χ4n) is 2.12. The van der Waals surface area contributed by atoms with E-state index in [0.717, 1.165) is 5.82 Å². The predicted octanol–water partition coefficient (Wildman–Crippen LogP) is 3.23. The number of hydrogen-bond donors (Lipinski definition) is 1. The molecular weight excluding hydrogens is 218 g/mol. The molecule has 1 saturated carbocycles. The molecule has 1 aromatic heterocycles. The molecule has 16 heavy (non-hydrogen) atoms. The summed E-state index contributed by atoms with van der Waals surface area (Å²) in [5.74, 6) is 1.45. The second-order valence-corrected chi connectivity index (χ2v) is 5.56. The van der Waals surface area contributed by atoms with Gasteiger partial charge < -0.3 is 10.6 Å². The van der Waals surface area contributed by atoms with Gasteiger partial charge in [0.15, 0.2) is 0 Å². The number of nitrogens with zero attached hydrogens (tertiary/aromatic N) is 2. The van der Waals surface area contributed by atoms with Crippen LogP contribution in [0.5, 0.6) is 0 Å². The average molecular weight is 239 g/mol. The van der Waals surface area contributed by atoms with Gasteiger partial charge in [-0.1, -0.05) is 13.3 Å². The Morgan fingerprint density at radius 1 is 1.56 bits per heavy atom. The molecule has 0 spiro atoms. The molecule has 1 aliphatic carbocycles. The number of rotatable bonds is 5. The van der Waals surface area contributed by atoms with Crippen LogP contribution in [0.1, 0.15) is 51.0 Å². The molecule has 0 saturated heterocycles. The van der Waals surface area contributed by atoms with Gasteiger partial charge in [0.25, 0.3) is 0 Å². The smallest absolute Gasteiger partial charge is 0.142 e. The summed E-state index contributed by atoms with van der Waals surface area (Å²) in [5, 5.41) is 1.29. The van der Waals surface area contributed by atoms with Crippen LogP contribution in [0.15, 0.2) is 0 Å².